The van der Waals surface area contributed by atoms with Crippen molar-refractivity contribution in [1.29, 1.82) is 0 Å². The van der Waals surface area contributed by atoms with Crippen molar-refractivity contribution < 1.29 is 15.0 Å². The van der Waals surface area contributed by atoms with Crippen LogP contribution in [0.15, 0.2) is 12.1 Å². The molecular weight excluding hydrogens is 232 g/mol. The van der Waals surface area contributed by atoms with Crippen molar-refractivity contribution in [3.8, 4) is 11.8 Å². The van der Waals surface area contributed by atoms with E-state index in [1.807, 2.05) is 0 Å². The summed E-state index contributed by atoms with van der Waals surface area (Å²) in [6.07, 6.45) is 0. The second kappa shape index (κ2) is 5.95. The summed E-state index contributed by atoms with van der Waals surface area (Å²) in [5.74, 6) is 4.06. The minimum Gasteiger partial charge on any atom is -0.478 e. The normalized spacial score (nSPS) is 9.12. The van der Waals surface area contributed by atoms with Crippen LogP contribution in [0.25, 0.3) is 0 Å². The molecule has 0 radical (unpaired) electrons. The van der Waals surface area contributed by atoms with Crippen LogP contribution in [0.2, 0.25) is 5.15 Å². The molecule has 0 amide bonds. The van der Waals surface area contributed by atoms with E-state index in [1.54, 1.807) is 0 Å². The van der Waals surface area contributed by atoms with Crippen molar-refractivity contribution in [3.63, 3.8) is 0 Å². The van der Waals surface area contributed by atoms with Gasteiger partial charge in [0, 0.05) is 0 Å². The zero-order chi connectivity index (χ0) is 12.0. The molecule has 0 aliphatic carbocycles. The van der Waals surface area contributed by atoms with Crippen molar-refractivity contribution in [1.82, 2.24) is 4.98 Å². The van der Waals surface area contributed by atoms with Gasteiger partial charge in [0.2, 0.25) is 0 Å². The summed E-state index contributed by atoms with van der Waals surface area (Å²) in [7, 11) is 0. The Kier molecular flexibility index (Phi) is 4.58. The number of anilines is 1. The van der Waals surface area contributed by atoms with Gasteiger partial charge in [0.05, 0.1) is 6.54 Å². The number of aliphatic hydroxyl groups excluding tert-OH is 1. The minimum atomic E-state index is -1.10. The Labute approximate surface area is 97.1 Å². The molecule has 84 valence electrons. The quantitative estimate of drug-likeness (QED) is 0.539. The molecule has 0 aliphatic heterocycles. The first kappa shape index (κ1) is 12.3. The van der Waals surface area contributed by atoms with Crippen LogP contribution >= 0.6 is 11.6 Å². The maximum atomic E-state index is 10.8. The second-order valence-electron chi connectivity index (χ2n) is 2.70. The van der Waals surface area contributed by atoms with Crippen LogP contribution in [-0.4, -0.2) is 34.3 Å². The number of hydrogen-bond acceptors (Lipinski definition) is 4. The van der Waals surface area contributed by atoms with E-state index < -0.39 is 5.97 Å². The van der Waals surface area contributed by atoms with Crippen LogP contribution in [0.3, 0.4) is 0 Å². The van der Waals surface area contributed by atoms with Crippen LogP contribution in [0.5, 0.6) is 0 Å². The molecule has 0 saturated heterocycles. The van der Waals surface area contributed by atoms with Crippen LogP contribution in [0.1, 0.15) is 10.4 Å². The van der Waals surface area contributed by atoms with Gasteiger partial charge in [-0.05, 0) is 12.1 Å². The van der Waals surface area contributed by atoms with E-state index in [2.05, 4.69) is 22.1 Å². The Balaban J connectivity index is 2.84. The molecule has 0 unspecified atom stereocenters. The van der Waals surface area contributed by atoms with E-state index in [1.165, 1.54) is 12.1 Å². The molecule has 1 aromatic heterocycles. The number of aromatic nitrogens is 1. The number of aromatic carboxylic acids is 1. The molecule has 0 bridgehead atoms. The third-order valence-corrected chi connectivity index (χ3v) is 1.85. The lowest BCUT2D eigenvalue weighted by Crippen LogP contribution is -2.08. The molecule has 3 N–H and O–H groups in total. The average molecular weight is 241 g/mol. The molecule has 16 heavy (non-hydrogen) atoms. The maximum absolute atomic E-state index is 10.8. The lowest BCUT2D eigenvalue weighted by atomic mass is 10.2. The number of halogens is 1. The van der Waals surface area contributed by atoms with E-state index in [9.17, 15) is 4.79 Å². The fourth-order valence-corrected chi connectivity index (χ4v) is 1.14. The molecule has 0 aliphatic rings. The van der Waals surface area contributed by atoms with Crippen molar-refractivity contribution in [2.75, 3.05) is 18.5 Å². The number of nitrogens with one attached hydrogen (secondary N) is 1. The highest BCUT2D eigenvalue weighted by Gasteiger charge is 2.10. The molecule has 6 heteroatoms. The van der Waals surface area contributed by atoms with Gasteiger partial charge in [0.1, 0.15) is 23.1 Å². The number of carboxylic acid groups (broad SMARTS) is 1. The summed E-state index contributed by atoms with van der Waals surface area (Å²) >= 11 is 5.64. The van der Waals surface area contributed by atoms with Gasteiger partial charge in [-0.25, -0.2) is 9.78 Å². The first-order valence-electron chi connectivity index (χ1n) is 4.35. The number of nitrogens with zero attached hydrogens (tertiary/aromatic N) is 1. The largest absolute Gasteiger partial charge is 0.478 e. The van der Waals surface area contributed by atoms with Crippen molar-refractivity contribution in [2.24, 2.45) is 0 Å². The summed E-state index contributed by atoms with van der Waals surface area (Å²) in [6.45, 7) is -0.0510. The zero-order valence-electron chi connectivity index (χ0n) is 8.20. The van der Waals surface area contributed by atoms with Crippen LogP contribution < -0.4 is 5.32 Å². The SMILES string of the molecule is O=C(O)c1ccc(Cl)nc1NCC#CCO. The number of aliphatic hydroxyl groups is 1. The standard InChI is InChI=1S/C10H9ClN2O3/c11-8-4-3-7(10(15)16)9(13-8)12-5-1-2-6-14/h3-4,14H,5-6H2,(H,12,13)(H,15,16). The fourth-order valence-electron chi connectivity index (χ4n) is 0.989. The van der Waals surface area contributed by atoms with Crippen LogP contribution in [-0.2, 0) is 0 Å². The predicted octanol–water partition coefficient (Wildman–Crippen LogP) is 0.841. The molecule has 0 saturated carbocycles. The van der Waals surface area contributed by atoms with Crippen LogP contribution in [0.4, 0.5) is 5.82 Å². The molecule has 5 nitrogen and oxygen atoms in total. The van der Waals surface area contributed by atoms with Crippen LogP contribution in [0, 0.1) is 11.8 Å². The number of hydrogen-bond donors (Lipinski definition) is 3. The topological polar surface area (TPSA) is 82.5 Å². The van der Waals surface area contributed by atoms with Crippen molar-refractivity contribution in [3.05, 3.63) is 22.8 Å². The molecular formula is C10H9ClN2O3. The maximum Gasteiger partial charge on any atom is 0.339 e. The van der Waals surface area contributed by atoms with Gasteiger partial charge in [-0.1, -0.05) is 23.4 Å². The van der Waals surface area contributed by atoms with Gasteiger partial charge >= 0.3 is 5.97 Å². The van der Waals surface area contributed by atoms with E-state index >= 15 is 0 Å². The van der Waals surface area contributed by atoms with Crippen molar-refractivity contribution >= 4 is 23.4 Å². The smallest absolute Gasteiger partial charge is 0.339 e. The van der Waals surface area contributed by atoms with E-state index in [4.69, 9.17) is 21.8 Å². The Bertz CT molecular complexity index is 451. The highest BCUT2D eigenvalue weighted by molar-refractivity contribution is 6.29. The molecule has 1 aromatic rings. The van der Waals surface area contributed by atoms with Gasteiger partial charge in [0.15, 0.2) is 0 Å². The Morgan fingerprint density at radius 2 is 2.25 bits per heavy atom. The van der Waals surface area contributed by atoms with E-state index in [-0.39, 0.29) is 29.7 Å². The zero-order valence-corrected chi connectivity index (χ0v) is 8.95. The van der Waals surface area contributed by atoms with E-state index in [0.717, 1.165) is 0 Å². The molecule has 0 fully saturated rings. The number of pyridine rings is 1. The fraction of sp³-hybridized carbons (Fsp3) is 0.200. The highest BCUT2D eigenvalue weighted by Crippen LogP contribution is 2.16. The Morgan fingerprint density at radius 1 is 1.50 bits per heavy atom. The second-order valence-corrected chi connectivity index (χ2v) is 3.09. The molecule has 0 aromatic carbocycles. The van der Waals surface area contributed by atoms with Gasteiger partial charge in [-0.3, -0.25) is 0 Å². The molecule has 1 rings (SSSR count). The lowest BCUT2D eigenvalue weighted by molar-refractivity contribution is 0.0697. The first-order chi connectivity index (χ1) is 7.65. The number of carboxylic acids is 1. The Morgan fingerprint density at radius 3 is 2.88 bits per heavy atom. The summed E-state index contributed by atoms with van der Waals surface area (Å²) in [5.41, 5.74) is 0.0233. The number of rotatable bonds is 3. The molecule has 1 heterocycles. The highest BCUT2D eigenvalue weighted by atomic mass is 35.5. The van der Waals surface area contributed by atoms with Gasteiger partial charge in [-0.15, -0.1) is 0 Å². The van der Waals surface area contributed by atoms with Gasteiger partial charge in [0.25, 0.3) is 0 Å². The lowest BCUT2D eigenvalue weighted by Gasteiger charge is -2.05. The monoisotopic (exact) mass is 240 g/mol. The van der Waals surface area contributed by atoms with Crippen molar-refractivity contribution in [2.45, 2.75) is 0 Å². The minimum absolute atomic E-state index is 0.0233. The summed E-state index contributed by atoms with van der Waals surface area (Å²) in [4.78, 5) is 14.7. The Hall–Kier alpha value is -1.77. The summed E-state index contributed by atoms with van der Waals surface area (Å²) < 4.78 is 0. The predicted molar refractivity (Wildman–Crippen MR) is 59.6 cm³/mol. The third kappa shape index (κ3) is 3.42. The number of carbonyl (C=O) groups is 1. The molecule has 0 atom stereocenters. The first-order valence-corrected chi connectivity index (χ1v) is 4.73. The van der Waals surface area contributed by atoms with Gasteiger partial charge < -0.3 is 15.5 Å². The van der Waals surface area contributed by atoms with Gasteiger partial charge in [-0.2, -0.15) is 0 Å². The summed E-state index contributed by atoms with van der Waals surface area (Å²) in [6, 6.07) is 2.76. The third-order valence-electron chi connectivity index (χ3n) is 1.64. The molecule has 0 spiro atoms. The average Bonchev–Trinajstić information content (AvgIpc) is 2.24. The van der Waals surface area contributed by atoms with E-state index in [0.29, 0.717) is 0 Å². The summed E-state index contributed by atoms with van der Waals surface area (Å²) in [5, 5.41) is 20.2.